The molecule has 1 aromatic carbocycles. The van der Waals surface area contributed by atoms with E-state index >= 15 is 0 Å². The first-order valence-electron chi connectivity index (χ1n) is 8.44. The number of ether oxygens (including phenoxy) is 2. The topological polar surface area (TPSA) is 93.9 Å². The van der Waals surface area contributed by atoms with E-state index in [1.165, 1.54) is 0 Å². The van der Waals surface area contributed by atoms with E-state index in [0.29, 0.717) is 32.6 Å². The van der Waals surface area contributed by atoms with Gasteiger partial charge in [0.05, 0.1) is 0 Å². The summed E-state index contributed by atoms with van der Waals surface area (Å²) in [5.74, 6) is 0. The maximum Gasteiger partial charge on any atom is 0.410 e. The first-order chi connectivity index (χ1) is 11.8. The summed E-state index contributed by atoms with van der Waals surface area (Å²) >= 11 is 0. The minimum atomic E-state index is -0.531. The van der Waals surface area contributed by atoms with Crippen molar-refractivity contribution >= 4 is 12.2 Å². The summed E-state index contributed by atoms with van der Waals surface area (Å²) in [5, 5.41) is 2.66. The van der Waals surface area contributed by atoms with E-state index in [9.17, 15) is 9.59 Å². The standard InChI is InChI=1S/C18H29N3O4/c1-18(2,3)25-16(22)20-11-7-12-21(13-10-19)17(23)24-14-15-8-5-4-6-9-15/h4-6,8-9H,7,10-14,19H2,1-3H3,(H,20,22). The number of nitrogens with one attached hydrogen (secondary N) is 1. The Morgan fingerprint density at radius 1 is 1.16 bits per heavy atom. The fourth-order valence-electron chi connectivity index (χ4n) is 2.04. The first-order valence-corrected chi connectivity index (χ1v) is 8.44. The van der Waals surface area contributed by atoms with Crippen LogP contribution in [0.25, 0.3) is 0 Å². The first kappa shape index (κ1) is 20.8. The van der Waals surface area contributed by atoms with Gasteiger partial charge in [-0.3, -0.25) is 0 Å². The van der Waals surface area contributed by atoms with E-state index in [1.54, 1.807) is 25.7 Å². The van der Waals surface area contributed by atoms with E-state index in [4.69, 9.17) is 15.2 Å². The van der Waals surface area contributed by atoms with E-state index in [1.807, 2.05) is 30.3 Å². The molecule has 7 nitrogen and oxygen atoms in total. The predicted octanol–water partition coefficient (Wildman–Crippen LogP) is 2.50. The molecule has 0 fully saturated rings. The SMILES string of the molecule is CC(C)(C)OC(=O)NCCCN(CCN)C(=O)OCc1ccccc1. The average Bonchev–Trinajstić information content (AvgIpc) is 2.55. The van der Waals surface area contributed by atoms with E-state index in [-0.39, 0.29) is 6.61 Å². The van der Waals surface area contributed by atoms with Gasteiger partial charge in [-0.15, -0.1) is 0 Å². The highest BCUT2D eigenvalue weighted by molar-refractivity contribution is 5.68. The molecule has 0 bridgehead atoms. The van der Waals surface area contributed by atoms with Crippen molar-refractivity contribution in [1.82, 2.24) is 10.2 Å². The van der Waals surface area contributed by atoms with Gasteiger partial charge in [0.1, 0.15) is 12.2 Å². The van der Waals surface area contributed by atoms with Crippen LogP contribution in [0.5, 0.6) is 0 Å². The third kappa shape index (κ3) is 9.56. The van der Waals surface area contributed by atoms with Crippen LogP contribution in [0.3, 0.4) is 0 Å². The fraction of sp³-hybridized carbons (Fsp3) is 0.556. The number of carbonyl (C=O) groups is 2. The smallest absolute Gasteiger partial charge is 0.410 e. The van der Waals surface area contributed by atoms with Crippen molar-refractivity contribution in [2.75, 3.05) is 26.2 Å². The number of benzene rings is 1. The van der Waals surface area contributed by atoms with Crippen molar-refractivity contribution < 1.29 is 19.1 Å². The third-order valence-electron chi connectivity index (χ3n) is 3.14. The number of carbonyl (C=O) groups excluding carboxylic acids is 2. The molecule has 0 aliphatic heterocycles. The van der Waals surface area contributed by atoms with Gasteiger partial charge in [0.25, 0.3) is 0 Å². The van der Waals surface area contributed by atoms with Gasteiger partial charge in [0.15, 0.2) is 0 Å². The number of hydrogen-bond acceptors (Lipinski definition) is 5. The summed E-state index contributed by atoms with van der Waals surface area (Å²) < 4.78 is 10.5. The lowest BCUT2D eigenvalue weighted by Crippen LogP contribution is -2.38. The molecule has 25 heavy (non-hydrogen) atoms. The summed E-state index contributed by atoms with van der Waals surface area (Å²) in [6.07, 6.45) is -0.296. The van der Waals surface area contributed by atoms with Crippen LogP contribution < -0.4 is 11.1 Å². The normalized spacial score (nSPS) is 10.9. The molecule has 0 radical (unpaired) electrons. The summed E-state index contributed by atoms with van der Waals surface area (Å²) in [4.78, 5) is 25.3. The molecule has 0 saturated heterocycles. The van der Waals surface area contributed by atoms with Crippen molar-refractivity contribution in [3.8, 4) is 0 Å². The number of hydrogen-bond donors (Lipinski definition) is 2. The van der Waals surface area contributed by atoms with E-state index in [2.05, 4.69) is 5.32 Å². The van der Waals surface area contributed by atoms with Gasteiger partial charge in [-0.1, -0.05) is 30.3 Å². The minimum absolute atomic E-state index is 0.219. The predicted molar refractivity (Wildman–Crippen MR) is 96.1 cm³/mol. The average molecular weight is 351 g/mol. The zero-order chi connectivity index (χ0) is 18.7. The Morgan fingerprint density at radius 3 is 2.44 bits per heavy atom. The zero-order valence-corrected chi connectivity index (χ0v) is 15.3. The molecule has 0 heterocycles. The lowest BCUT2D eigenvalue weighted by molar-refractivity contribution is 0.0525. The zero-order valence-electron chi connectivity index (χ0n) is 15.3. The molecule has 7 heteroatoms. The van der Waals surface area contributed by atoms with Crippen LogP contribution in [0.15, 0.2) is 30.3 Å². The highest BCUT2D eigenvalue weighted by atomic mass is 16.6. The largest absolute Gasteiger partial charge is 0.445 e. The second-order valence-electron chi connectivity index (χ2n) is 6.60. The molecule has 0 aliphatic carbocycles. The lowest BCUT2D eigenvalue weighted by atomic mass is 10.2. The Labute approximate surface area is 149 Å². The molecule has 0 saturated carbocycles. The molecule has 0 unspecified atom stereocenters. The van der Waals surface area contributed by atoms with Crippen LogP contribution in [0.1, 0.15) is 32.8 Å². The van der Waals surface area contributed by atoms with Gasteiger partial charge in [-0.25, -0.2) is 9.59 Å². The van der Waals surface area contributed by atoms with Crippen LogP contribution >= 0.6 is 0 Å². The van der Waals surface area contributed by atoms with Gasteiger partial charge in [0, 0.05) is 26.2 Å². The van der Waals surface area contributed by atoms with Gasteiger partial charge in [-0.2, -0.15) is 0 Å². The summed E-state index contributed by atoms with van der Waals surface area (Å²) in [7, 11) is 0. The minimum Gasteiger partial charge on any atom is -0.445 e. The molecule has 2 amide bonds. The maximum atomic E-state index is 12.2. The van der Waals surface area contributed by atoms with Crippen LogP contribution in [-0.4, -0.2) is 48.9 Å². The molecule has 3 N–H and O–H groups in total. The monoisotopic (exact) mass is 351 g/mol. The second kappa shape index (κ2) is 10.6. The molecular formula is C18H29N3O4. The van der Waals surface area contributed by atoms with Crippen LogP contribution in [0, 0.1) is 0 Å². The fourth-order valence-corrected chi connectivity index (χ4v) is 2.04. The van der Waals surface area contributed by atoms with Gasteiger partial charge in [-0.05, 0) is 32.8 Å². The van der Waals surface area contributed by atoms with Crippen LogP contribution in [-0.2, 0) is 16.1 Å². The second-order valence-corrected chi connectivity index (χ2v) is 6.60. The number of nitrogens with zero attached hydrogens (tertiary/aromatic N) is 1. The van der Waals surface area contributed by atoms with Gasteiger partial charge >= 0.3 is 12.2 Å². The molecule has 140 valence electrons. The molecule has 0 aromatic heterocycles. The Balaban J connectivity index is 2.33. The van der Waals surface area contributed by atoms with Crippen molar-refractivity contribution in [2.24, 2.45) is 5.73 Å². The van der Waals surface area contributed by atoms with Crippen molar-refractivity contribution in [3.63, 3.8) is 0 Å². The Morgan fingerprint density at radius 2 is 1.84 bits per heavy atom. The van der Waals surface area contributed by atoms with Crippen molar-refractivity contribution in [1.29, 1.82) is 0 Å². The number of amides is 2. The van der Waals surface area contributed by atoms with Gasteiger partial charge in [0.2, 0.25) is 0 Å². The highest BCUT2D eigenvalue weighted by Gasteiger charge is 2.17. The molecule has 1 rings (SSSR count). The van der Waals surface area contributed by atoms with Crippen LogP contribution in [0.2, 0.25) is 0 Å². The van der Waals surface area contributed by atoms with Crippen molar-refractivity contribution in [3.05, 3.63) is 35.9 Å². The number of nitrogens with two attached hydrogens (primary N) is 1. The summed E-state index contributed by atoms with van der Waals surface area (Å²) in [6.45, 7) is 7.23. The molecule has 0 aliphatic rings. The quantitative estimate of drug-likeness (QED) is 0.702. The number of alkyl carbamates (subject to hydrolysis) is 1. The Kier molecular flexibility index (Phi) is 8.77. The Hall–Kier alpha value is -2.28. The maximum absolute atomic E-state index is 12.2. The molecule has 0 spiro atoms. The number of rotatable bonds is 8. The molecular weight excluding hydrogens is 322 g/mol. The van der Waals surface area contributed by atoms with E-state index in [0.717, 1.165) is 5.56 Å². The van der Waals surface area contributed by atoms with E-state index < -0.39 is 17.8 Å². The molecule has 1 aromatic rings. The summed E-state index contributed by atoms with van der Waals surface area (Å²) in [6, 6.07) is 9.48. The third-order valence-corrected chi connectivity index (χ3v) is 3.14. The Bertz CT molecular complexity index is 529. The molecule has 0 atom stereocenters. The highest BCUT2D eigenvalue weighted by Crippen LogP contribution is 2.06. The van der Waals surface area contributed by atoms with Gasteiger partial charge < -0.3 is 25.4 Å². The van der Waals surface area contributed by atoms with Crippen molar-refractivity contribution in [2.45, 2.75) is 39.4 Å². The summed E-state index contributed by atoms with van der Waals surface area (Å²) in [5.41, 5.74) is 5.95. The van der Waals surface area contributed by atoms with Crippen LogP contribution in [0.4, 0.5) is 9.59 Å². The lowest BCUT2D eigenvalue weighted by Gasteiger charge is -2.22.